The van der Waals surface area contributed by atoms with Crippen LogP contribution in [0, 0.1) is 5.41 Å². The van der Waals surface area contributed by atoms with Gasteiger partial charge in [0.15, 0.2) is 0 Å². The molecule has 0 spiro atoms. The summed E-state index contributed by atoms with van der Waals surface area (Å²) >= 11 is 1.94. The number of benzene rings is 2. The second kappa shape index (κ2) is 11.6. The molecule has 214 valence electrons. The number of anilines is 1. The molecule has 0 aliphatic heterocycles. The molecule has 0 aliphatic rings. The van der Waals surface area contributed by atoms with Gasteiger partial charge in [0.25, 0.3) is 0 Å². The smallest absolute Gasteiger partial charge is 0.313 e. The van der Waals surface area contributed by atoms with Crippen LogP contribution in [0.5, 0.6) is 5.75 Å². The highest BCUT2D eigenvalue weighted by atomic mass is 32.2. The van der Waals surface area contributed by atoms with Gasteiger partial charge >= 0.3 is 6.01 Å². The van der Waals surface area contributed by atoms with Crippen molar-refractivity contribution in [3.63, 3.8) is 0 Å². The fraction of sp³-hybridized carbons (Fsp3) is 0.364. The summed E-state index contributed by atoms with van der Waals surface area (Å²) < 4.78 is 14.2. The number of aryl methyl sites for hydroxylation is 2. The van der Waals surface area contributed by atoms with Gasteiger partial charge in [0.2, 0.25) is 5.89 Å². The largest absolute Gasteiger partial charge is 0.487 e. The Bertz CT molecular complexity index is 1610. The molecule has 0 saturated heterocycles. The molecule has 0 amide bonds. The first-order valence-electron chi connectivity index (χ1n) is 14.0. The Kier molecular flexibility index (Phi) is 8.13. The topological polar surface area (TPSA) is 92.0 Å². The van der Waals surface area contributed by atoms with Gasteiger partial charge in [-0.2, -0.15) is 0 Å². The lowest BCUT2D eigenvalue weighted by molar-refractivity contribution is 0.301. The summed E-state index contributed by atoms with van der Waals surface area (Å²) in [5.41, 5.74) is 11.4. The third kappa shape index (κ3) is 7.30. The third-order valence-electron chi connectivity index (χ3n) is 6.58. The number of rotatable bonds is 9. The van der Waals surface area contributed by atoms with Crippen LogP contribution in [0.4, 0.5) is 6.01 Å². The lowest BCUT2D eigenvalue weighted by atomic mass is 9.90. The quantitative estimate of drug-likeness (QED) is 0.180. The highest BCUT2D eigenvalue weighted by Crippen LogP contribution is 2.44. The van der Waals surface area contributed by atoms with Crippen molar-refractivity contribution in [3.05, 3.63) is 83.8 Å². The zero-order valence-corrected chi connectivity index (χ0v) is 25.6. The molecule has 5 rings (SSSR count). The van der Waals surface area contributed by atoms with Crippen molar-refractivity contribution >= 4 is 28.7 Å². The lowest BCUT2D eigenvalue weighted by Gasteiger charge is -2.24. The summed E-state index contributed by atoms with van der Waals surface area (Å²) in [7, 11) is 0. The fourth-order valence-electron chi connectivity index (χ4n) is 4.85. The molecule has 0 bridgehead atoms. The molecule has 8 heteroatoms. The minimum absolute atomic E-state index is 0.0601. The van der Waals surface area contributed by atoms with E-state index in [0.717, 1.165) is 36.4 Å². The number of ether oxygens (including phenoxy) is 1. The van der Waals surface area contributed by atoms with E-state index in [-0.39, 0.29) is 16.2 Å². The molecule has 0 saturated carbocycles. The molecule has 0 aliphatic carbocycles. The Morgan fingerprint density at radius 3 is 2.37 bits per heavy atom. The summed E-state index contributed by atoms with van der Waals surface area (Å²) in [6.45, 7) is 15.1. The first-order chi connectivity index (χ1) is 19.4. The van der Waals surface area contributed by atoms with Crippen LogP contribution < -0.4 is 10.5 Å². The maximum atomic E-state index is 6.21. The maximum Gasteiger partial charge on any atom is 0.313 e. The third-order valence-corrected chi connectivity index (χ3v) is 7.85. The molecule has 2 N–H and O–H groups in total. The van der Waals surface area contributed by atoms with Gasteiger partial charge in [-0.05, 0) is 66.3 Å². The molecule has 7 nitrogen and oxygen atoms in total. The predicted octanol–water partition coefficient (Wildman–Crippen LogP) is 7.97. The van der Waals surface area contributed by atoms with Gasteiger partial charge in [-0.25, -0.2) is 0 Å². The van der Waals surface area contributed by atoms with Crippen LogP contribution in [0.25, 0.3) is 22.4 Å². The lowest BCUT2D eigenvalue weighted by Crippen LogP contribution is -2.16. The van der Waals surface area contributed by atoms with Crippen molar-refractivity contribution in [2.24, 2.45) is 5.41 Å². The normalized spacial score (nSPS) is 12.2. The summed E-state index contributed by atoms with van der Waals surface area (Å²) in [6, 6.07) is 20.7. The Morgan fingerprint density at radius 2 is 1.73 bits per heavy atom. The molecule has 41 heavy (non-hydrogen) atoms. The zero-order chi connectivity index (χ0) is 29.2. The van der Waals surface area contributed by atoms with Gasteiger partial charge < -0.3 is 19.5 Å². The SMILES string of the molecule is CC(C)(C)Cc1c(SC(C)(C)C)c2cc(OCc3ccccn3)ccc2n1CCc1ccc(-c2nnc(N)o2)cc1. The van der Waals surface area contributed by atoms with Crippen molar-refractivity contribution in [3.8, 4) is 17.2 Å². The van der Waals surface area contributed by atoms with E-state index in [2.05, 4.69) is 91.6 Å². The minimum Gasteiger partial charge on any atom is -0.487 e. The Balaban J connectivity index is 1.49. The van der Waals surface area contributed by atoms with Crippen LogP contribution >= 0.6 is 11.8 Å². The molecule has 3 heterocycles. The van der Waals surface area contributed by atoms with Gasteiger partial charge in [-0.1, -0.05) is 64.8 Å². The number of hydrogen-bond donors (Lipinski definition) is 1. The van der Waals surface area contributed by atoms with Crippen molar-refractivity contribution in [2.45, 2.75) is 77.2 Å². The van der Waals surface area contributed by atoms with Crippen LogP contribution in [0.1, 0.15) is 58.5 Å². The van der Waals surface area contributed by atoms with Crippen molar-refractivity contribution in [2.75, 3.05) is 5.73 Å². The number of aromatic nitrogens is 4. The van der Waals surface area contributed by atoms with Crippen LogP contribution in [0.3, 0.4) is 0 Å². The Hall–Kier alpha value is -3.78. The van der Waals surface area contributed by atoms with Gasteiger partial charge in [0, 0.05) is 44.5 Å². The predicted molar refractivity (Wildman–Crippen MR) is 167 cm³/mol. The summed E-state index contributed by atoms with van der Waals surface area (Å²) in [6.07, 6.45) is 3.67. The second-order valence-electron chi connectivity index (χ2n) is 12.6. The number of thioether (sulfide) groups is 1. The van der Waals surface area contributed by atoms with E-state index in [0.29, 0.717) is 12.5 Å². The molecule has 0 atom stereocenters. The highest BCUT2D eigenvalue weighted by Gasteiger charge is 2.26. The van der Waals surface area contributed by atoms with E-state index in [4.69, 9.17) is 14.9 Å². The van der Waals surface area contributed by atoms with Crippen LogP contribution in [-0.4, -0.2) is 24.5 Å². The number of hydrogen-bond acceptors (Lipinski definition) is 7. The van der Waals surface area contributed by atoms with E-state index in [1.165, 1.54) is 27.1 Å². The van der Waals surface area contributed by atoms with Crippen molar-refractivity contribution in [1.82, 2.24) is 19.7 Å². The number of pyridine rings is 1. The highest BCUT2D eigenvalue weighted by molar-refractivity contribution is 8.00. The van der Waals surface area contributed by atoms with Crippen molar-refractivity contribution < 1.29 is 9.15 Å². The average molecular weight is 570 g/mol. The number of nitrogen functional groups attached to an aromatic ring is 1. The molecule has 0 fully saturated rings. The second-order valence-corrected chi connectivity index (χ2v) is 14.4. The van der Waals surface area contributed by atoms with E-state index in [1.807, 2.05) is 42.1 Å². The first kappa shape index (κ1) is 28.7. The monoisotopic (exact) mass is 569 g/mol. The molecule has 2 aromatic carbocycles. The van der Waals surface area contributed by atoms with E-state index in [9.17, 15) is 0 Å². The van der Waals surface area contributed by atoms with Gasteiger partial charge in [-0.3, -0.25) is 4.98 Å². The van der Waals surface area contributed by atoms with Gasteiger partial charge in [0.05, 0.1) is 5.69 Å². The molecule has 0 radical (unpaired) electrons. The Morgan fingerprint density at radius 1 is 0.951 bits per heavy atom. The maximum absolute atomic E-state index is 6.21. The van der Waals surface area contributed by atoms with Crippen LogP contribution in [-0.2, 0) is 26.0 Å². The zero-order valence-electron chi connectivity index (χ0n) is 24.8. The van der Waals surface area contributed by atoms with E-state index < -0.39 is 0 Å². The summed E-state index contributed by atoms with van der Waals surface area (Å²) in [5.74, 6) is 1.29. The van der Waals surface area contributed by atoms with Crippen molar-refractivity contribution in [1.29, 1.82) is 0 Å². The standard InChI is InChI=1S/C33H39N5O2S/c1-32(2,3)20-28-29(41-33(4,5)6)26-19-25(39-21-24-9-7-8-17-35-24)14-15-27(26)38(28)18-16-22-10-12-23(13-11-22)30-36-37-31(34)40-30/h7-15,17,19H,16,18,20-21H2,1-6H3,(H2,34,37). The van der Waals surface area contributed by atoms with Crippen LogP contribution in [0.15, 0.2) is 76.2 Å². The number of nitrogens with zero attached hydrogens (tertiary/aromatic N) is 4. The average Bonchev–Trinajstić information content (AvgIpc) is 3.46. The van der Waals surface area contributed by atoms with E-state index in [1.54, 1.807) is 6.20 Å². The van der Waals surface area contributed by atoms with E-state index >= 15 is 0 Å². The number of nitrogens with two attached hydrogens (primary N) is 1. The summed E-state index contributed by atoms with van der Waals surface area (Å²) in [5, 5.41) is 9.00. The number of fused-ring (bicyclic) bond motifs is 1. The fourth-order valence-corrected chi connectivity index (χ4v) is 6.03. The molecular weight excluding hydrogens is 530 g/mol. The minimum atomic E-state index is 0.0601. The molecular formula is C33H39N5O2S. The van der Waals surface area contributed by atoms with Gasteiger partial charge in [0.1, 0.15) is 12.4 Å². The Labute approximate surface area is 246 Å². The molecule has 5 aromatic rings. The van der Waals surface area contributed by atoms with Crippen LogP contribution in [0.2, 0.25) is 0 Å². The van der Waals surface area contributed by atoms with Gasteiger partial charge in [-0.15, -0.1) is 16.9 Å². The molecule has 3 aromatic heterocycles. The first-order valence-corrected chi connectivity index (χ1v) is 14.8. The molecule has 0 unspecified atom stereocenters. The summed E-state index contributed by atoms with van der Waals surface area (Å²) in [4.78, 5) is 5.75.